The van der Waals surface area contributed by atoms with Crippen LogP contribution >= 0.6 is 0 Å². The Hall–Kier alpha value is -2.83. The van der Waals surface area contributed by atoms with E-state index in [4.69, 9.17) is 4.74 Å². The Balaban J connectivity index is 2.55. The van der Waals surface area contributed by atoms with E-state index >= 15 is 0 Å². The molecule has 23 heavy (non-hydrogen) atoms. The molecule has 1 aromatic heterocycles. The summed E-state index contributed by atoms with van der Waals surface area (Å²) in [5, 5.41) is 13.6. The van der Waals surface area contributed by atoms with E-state index in [1.54, 1.807) is 58.3 Å². The van der Waals surface area contributed by atoms with Gasteiger partial charge in [0.2, 0.25) is 0 Å². The van der Waals surface area contributed by atoms with E-state index < -0.39 is 17.7 Å². The SMILES string of the molecule is Cn1ccc(N(C(=O)OC(C)(C)C)c2ccccc2C(=O)O)n1. The van der Waals surface area contributed by atoms with Crippen molar-refractivity contribution in [2.75, 3.05) is 4.90 Å². The van der Waals surface area contributed by atoms with E-state index in [1.807, 2.05) is 0 Å². The molecular formula is C16H19N3O4. The van der Waals surface area contributed by atoms with E-state index in [1.165, 1.54) is 10.7 Å². The highest BCUT2D eigenvalue weighted by Gasteiger charge is 2.29. The predicted octanol–water partition coefficient (Wildman–Crippen LogP) is 3.19. The topological polar surface area (TPSA) is 84.7 Å². The lowest BCUT2D eigenvalue weighted by atomic mass is 10.1. The predicted molar refractivity (Wildman–Crippen MR) is 85.0 cm³/mol. The van der Waals surface area contributed by atoms with E-state index in [9.17, 15) is 14.7 Å². The molecule has 0 aliphatic carbocycles. The highest BCUT2D eigenvalue weighted by atomic mass is 16.6. The van der Waals surface area contributed by atoms with Gasteiger partial charge in [0.15, 0.2) is 5.82 Å². The Morgan fingerprint density at radius 1 is 1.22 bits per heavy atom. The number of carboxylic acid groups (broad SMARTS) is 1. The van der Waals surface area contributed by atoms with Crippen molar-refractivity contribution < 1.29 is 19.4 Å². The van der Waals surface area contributed by atoms with Crippen LogP contribution in [0.1, 0.15) is 31.1 Å². The number of para-hydroxylation sites is 1. The average Bonchev–Trinajstić information content (AvgIpc) is 2.83. The van der Waals surface area contributed by atoms with Crippen molar-refractivity contribution in [2.45, 2.75) is 26.4 Å². The molecule has 7 nitrogen and oxygen atoms in total. The van der Waals surface area contributed by atoms with Crippen LogP contribution in [-0.4, -0.2) is 32.6 Å². The Morgan fingerprint density at radius 2 is 1.87 bits per heavy atom. The zero-order valence-electron chi connectivity index (χ0n) is 13.5. The van der Waals surface area contributed by atoms with Gasteiger partial charge in [-0.25, -0.2) is 14.5 Å². The van der Waals surface area contributed by atoms with Crippen LogP contribution < -0.4 is 4.90 Å². The minimum atomic E-state index is -1.13. The van der Waals surface area contributed by atoms with Gasteiger partial charge in [-0.05, 0) is 32.9 Å². The molecule has 1 N–H and O–H groups in total. The van der Waals surface area contributed by atoms with E-state index in [2.05, 4.69) is 5.10 Å². The van der Waals surface area contributed by atoms with Crippen molar-refractivity contribution in [1.82, 2.24) is 9.78 Å². The summed E-state index contributed by atoms with van der Waals surface area (Å²) in [6.07, 6.45) is 0.973. The lowest BCUT2D eigenvalue weighted by Gasteiger charge is -2.26. The number of ether oxygens (including phenoxy) is 1. The second kappa shape index (κ2) is 6.12. The number of rotatable bonds is 3. The van der Waals surface area contributed by atoms with Crippen LogP contribution in [0.5, 0.6) is 0 Å². The molecule has 7 heteroatoms. The van der Waals surface area contributed by atoms with Crippen molar-refractivity contribution >= 4 is 23.6 Å². The summed E-state index contributed by atoms with van der Waals surface area (Å²) in [6.45, 7) is 5.22. The van der Waals surface area contributed by atoms with Crippen LogP contribution in [0.2, 0.25) is 0 Å². The Bertz CT molecular complexity index is 731. The third-order valence-corrected chi connectivity index (χ3v) is 2.88. The molecule has 0 aliphatic heterocycles. The van der Waals surface area contributed by atoms with Crippen molar-refractivity contribution in [3.8, 4) is 0 Å². The number of anilines is 2. The average molecular weight is 317 g/mol. The summed E-state index contributed by atoms with van der Waals surface area (Å²) >= 11 is 0. The number of aromatic carboxylic acids is 1. The van der Waals surface area contributed by atoms with Gasteiger partial charge >= 0.3 is 12.1 Å². The first-order valence-corrected chi connectivity index (χ1v) is 7.04. The summed E-state index contributed by atoms with van der Waals surface area (Å²) < 4.78 is 6.92. The molecule has 2 aromatic rings. The smallest absolute Gasteiger partial charge is 0.420 e. The number of hydrogen-bond acceptors (Lipinski definition) is 4. The molecule has 122 valence electrons. The fraction of sp³-hybridized carbons (Fsp3) is 0.312. The maximum Gasteiger partial charge on any atom is 0.420 e. The van der Waals surface area contributed by atoms with Gasteiger partial charge in [-0.15, -0.1) is 0 Å². The number of carboxylic acids is 1. The molecule has 1 aromatic carbocycles. The van der Waals surface area contributed by atoms with Crippen LogP contribution in [-0.2, 0) is 11.8 Å². The standard InChI is InChI=1S/C16H19N3O4/c1-16(2,3)23-15(22)19(13-9-10-18(4)17-13)12-8-6-5-7-11(12)14(20)21/h5-10H,1-4H3,(H,20,21). The molecule has 0 radical (unpaired) electrons. The first-order chi connectivity index (χ1) is 10.7. The quantitative estimate of drug-likeness (QED) is 0.939. The molecule has 1 heterocycles. The molecule has 2 rings (SSSR count). The summed E-state index contributed by atoms with van der Waals surface area (Å²) in [4.78, 5) is 25.2. The van der Waals surface area contributed by atoms with Crippen LogP contribution in [0.4, 0.5) is 16.3 Å². The Morgan fingerprint density at radius 3 is 2.39 bits per heavy atom. The Labute approximate surface area is 134 Å². The third-order valence-electron chi connectivity index (χ3n) is 2.88. The number of nitrogens with zero attached hydrogens (tertiary/aromatic N) is 3. The molecule has 0 unspecified atom stereocenters. The lowest BCUT2D eigenvalue weighted by Crippen LogP contribution is -2.35. The van der Waals surface area contributed by atoms with Crippen molar-refractivity contribution in [3.05, 3.63) is 42.1 Å². The van der Waals surface area contributed by atoms with Gasteiger partial charge in [0.05, 0.1) is 11.3 Å². The van der Waals surface area contributed by atoms with Crippen molar-refractivity contribution in [2.24, 2.45) is 7.05 Å². The normalized spacial score (nSPS) is 11.1. The fourth-order valence-corrected chi connectivity index (χ4v) is 1.99. The van der Waals surface area contributed by atoms with Crippen LogP contribution in [0.25, 0.3) is 0 Å². The summed E-state index contributed by atoms with van der Waals surface area (Å²) in [5.74, 6) is -0.847. The van der Waals surface area contributed by atoms with Gasteiger partial charge < -0.3 is 9.84 Å². The fourth-order valence-electron chi connectivity index (χ4n) is 1.99. The van der Waals surface area contributed by atoms with Gasteiger partial charge in [-0.3, -0.25) is 4.68 Å². The van der Waals surface area contributed by atoms with Gasteiger partial charge in [-0.2, -0.15) is 5.10 Å². The maximum absolute atomic E-state index is 12.6. The van der Waals surface area contributed by atoms with Crippen LogP contribution in [0.15, 0.2) is 36.5 Å². The number of amides is 1. The Kier molecular flexibility index (Phi) is 4.40. The summed E-state index contributed by atoms with van der Waals surface area (Å²) in [5.41, 5.74) is -0.528. The van der Waals surface area contributed by atoms with E-state index in [-0.39, 0.29) is 17.1 Å². The molecule has 0 fully saturated rings. The monoisotopic (exact) mass is 317 g/mol. The summed E-state index contributed by atoms with van der Waals surface area (Å²) in [6, 6.07) is 7.84. The first-order valence-electron chi connectivity index (χ1n) is 7.04. The molecule has 0 aliphatic rings. The zero-order chi connectivity index (χ0) is 17.2. The highest BCUT2D eigenvalue weighted by Crippen LogP contribution is 2.29. The molecule has 0 saturated heterocycles. The van der Waals surface area contributed by atoms with Gasteiger partial charge in [0, 0.05) is 19.3 Å². The van der Waals surface area contributed by atoms with Crippen molar-refractivity contribution in [1.29, 1.82) is 0 Å². The highest BCUT2D eigenvalue weighted by molar-refractivity contribution is 6.03. The first kappa shape index (κ1) is 16.5. The maximum atomic E-state index is 12.6. The number of carbonyl (C=O) groups excluding carboxylic acids is 1. The number of aromatic nitrogens is 2. The second-order valence-corrected chi connectivity index (χ2v) is 5.99. The molecule has 0 saturated carbocycles. The van der Waals surface area contributed by atoms with Gasteiger partial charge in [0.25, 0.3) is 0 Å². The molecule has 0 bridgehead atoms. The number of benzene rings is 1. The molecule has 0 spiro atoms. The zero-order valence-corrected chi connectivity index (χ0v) is 13.5. The molecular weight excluding hydrogens is 298 g/mol. The minimum Gasteiger partial charge on any atom is -0.478 e. The number of hydrogen-bond donors (Lipinski definition) is 1. The van der Waals surface area contributed by atoms with E-state index in [0.29, 0.717) is 0 Å². The largest absolute Gasteiger partial charge is 0.478 e. The summed E-state index contributed by atoms with van der Waals surface area (Å²) in [7, 11) is 1.71. The molecule has 0 atom stereocenters. The lowest BCUT2D eigenvalue weighted by molar-refractivity contribution is 0.0598. The number of carbonyl (C=O) groups is 2. The number of aryl methyl sites for hydroxylation is 1. The second-order valence-electron chi connectivity index (χ2n) is 5.99. The minimum absolute atomic E-state index is 0.0102. The van der Waals surface area contributed by atoms with Crippen LogP contribution in [0.3, 0.4) is 0 Å². The van der Waals surface area contributed by atoms with Crippen LogP contribution in [0, 0.1) is 0 Å². The van der Waals surface area contributed by atoms with E-state index in [0.717, 1.165) is 4.90 Å². The van der Waals surface area contributed by atoms with Crippen molar-refractivity contribution in [3.63, 3.8) is 0 Å². The van der Waals surface area contributed by atoms with Gasteiger partial charge in [0.1, 0.15) is 5.60 Å². The molecule has 1 amide bonds. The van der Waals surface area contributed by atoms with Gasteiger partial charge in [-0.1, -0.05) is 12.1 Å². The third kappa shape index (κ3) is 3.88.